The first-order valence-electron chi connectivity index (χ1n) is 6.25. The SMILES string of the molecule is COCOc1ccc(OCOC)c(OC)c1CC(C)O. The van der Waals surface area contributed by atoms with Crippen molar-refractivity contribution in [2.24, 2.45) is 0 Å². The van der Waals surface area contributed by atoms with E-state index in [0.717, 1.165) is 5.56 Å². The van der Waals surface area contributed by atoms with E-state index in [0.29, 0.717) is 23.7 Å². The zero-order chi connectivity index (χ0) is 15.0. The minimum Gasteiger partial charge on any atom is -0.492 e. The maximum absolute atomic E-state index is 9.63. The second kappa shape index (κ2) is 8.63. The van der Waals surface area contributed by atoms with Crippen molar-refractivity contribution >= 4 is 0 Å². The van der Waals surface area contributed by atoms with Gasteiger partial charge < -0.3 is 28.8 Å². The van der Waals surface area contributed by atoms with Gasteiger partial charge in [-0.1, -0.05) is 0 Å². The van der Waals surface area contributed by atoms with Crippen LogP contribution in [-0.2, 0) is 15.9 Å². The summed E-state index contributed by atoms with van der Waals surface area (Å²) in [5.74, 6) is 1.65. The number of benzene rings is 1. The van der Waals surface area contributed by atoms with E-state index in [1.54, 1.807) is 40.4 Å². The number of aliphatic hydroxyl groups excluding tert-OH is 1. The number of aliphatic hydroxyl groups is 1. The lowest BCUT2D eigenvalue weighted by atomic mass is 10.1. The minimum absolute atomic E-state index is 0.114. The summed E-state index contributed by atoms with van der Waals surface area (Å²) in [6.45, 7) is 1.93. The zero-order valence-electron chi connectivity index (χ0n) is 12.3. The maximum atomic E-state index is 9.63. The molecule has 0 radical (unpaired) electrons. The average Bonchev–Trinajstić information content (AvgIpc) is 2.43. The summed E-state index contributed by atoms with van der Waals surface area (Å²) in [6.07, 6.45) is -0.154. The predicted molar refractivity (Wildman–Crippen MR) is 73.4 cm³/mol. The largest absolute Gasteiger partial charge is 0.492 e. The third-order valence-corrected chi connectivity index (χ3v) is 2.55. The van der Waals surface area contributed by atoms with Crippen molar-refractivity contribution < 1.29 is 28.8 Å². The highest BCUT2D eigenvalue weighted by Crippen LogP contribution is 2.38. The van der Waals surface area contributed by atoms with Crippen molar-refractivity contribution in [1.29, 1.82) is 0 Å². The van der Waals surface area contributed by atoms with Crippen molar-refractivity contribution in [3.63, 3.8) is 0 Å². The number of hydrogen-bond acceptors (Lipinski definition) is 6. The second-order valence-corrected chi connectivity index (χ2v) is 4.23. The second-order valence-electron chi connectivity index (χ2n) is 4.23. The molecule has 0 fully saturated rings. The fourth-order valence-corrected chi connectivity index (χ4v) is 1.79. The van der Waals surface area contributed by atoms with Crippen LogP contribution in [0.4, 0.5) is 0 Å². The molecular weight excluding hydrogens is 264 g/mol. The van der Waals surface area contributed by atoms with Crippen LogP contribution in [0.1, 0.15) is 12.5 Å². The Morgan fingerprint density at radius 1 is 1.00 bits per heavy atom. The molecule has 0 aliphatic carbocycles. The molecule has 6 heteroatoms. The highest BCUT2D eigenvalue weighted by atomic mass is 16.7. The van der Waals surface area contributed by atoms with Crippen molar-refractivity contribution in [3.8, 4) is 17.2 Å². The maximum Gasteiger partial charge on any atom is 0.188 e. The van der Waals surface area contributed by atoms with Crippen molar-refractivity contribution in [1.82, 2.24) is 0 Å². The summed E-state index contributed by atoms with van der Waals surface area (Å²) in [5, 5.41) is 9.63. The third kappa shape index (κ3) is 4.56. The highest BCUT2D eigenvalue weighted by Gasteiger charge is 2.18. The van der Waals surface area contributed by atoms with Crippen molar-refractivity contribution in [2.75, 3.05) is 34.9 Å². The Labute approximate surface area is 119 Å². The molecule has 1 rings (SSSR count). The molecule has 20 heavy (non-hydrogen) atoms. The van der Waals surface area contributed by atoms with E-state index in [9.17, 15) is 5.11 Å². The Morgan fingerprint density at radius 3 is 2.05 bits per heavy atom. The Balaban J connectivity index is 3.12. The molecule has 1 aromatic carbocycles. The van der Waals surface area contributed by atoms with Gasteiger partial charge in [-0.05, 0) is 19.1 Å². The van der Waals surface area contributed by atoms with Gasteiger partial charge in [0.25, 0.3) is 0 Å². The predicted octanol–water partition coefficient (Wildman–Crippen LogP) is 1.58. The van der Waals surface area contributed by atoms with Crippen LogP contribution in [-0.4, -0.2) is 46.1 Å². The lowest BCUT2D eigenvalue weighted by Crippen LogP contribution is -2.11. The first-order valence-corrected chi connectivity index (χ1v) is 6.25. The molecule has 0 aliphatic heterocycles. The summed E-state index contributed by atoms with van der Waals surface area (Å²) in [4.78, 5) is 0. The van der Waals surface area contributed by atoms with Crippen LogP contribution in [0.25, 0.3) is 0 Å². The normalized spacial score (nSPS) is 12.1. The molecule has 1 aromatic rings. The van der Waals surface area contributed by atoms with Crippen LogP contribution in [0.5, 0.6) is 17.2 Å². The number of hydrogen-bond donors (Lipinski definition) is 1. The lowest BCUT2D eigenvalue weighted by molar-refractivity contribution is 0.0456. The Hall–Kier alpha value is -1.50. The molecule has 114 valence electrons. The van der Waals surface area contributed by atoms with E-state index >= 15 is 0 Å². The van der Waals surface area contributed by atoms with E-state index in [2.05, 4.69) is 0 Å². The summed E-state index contributed by atoms with van der Waals surface area (Å²) < 4.78 is 26.1. The number of rotatable bonds is 9. The average molecular weight is 286 g/mol. The molecular formula is C14H22O6. The molecule has 0 aliphatic rings. The van der Waals surface area contributed by atoms with Gasteiger partial charge in [0.15, 0.2) is 25.1 Å². The summed E-state index contributed by atoms with van der Waals surface area (Å²) in [6, 6.07) is 3.48. The van der Waals surface area contributed by atoms with Crippen molar-refractivity contribution in [3.05, 3.63) is 17.7 Å². The van der Waals surface area contributed by atoms with Gasteiger partial charge >= 0.3 is 0 Å². The van der Waals surface area contributed by atoms with Gasteiger partial charge in [0, 0.05) is 26.2 Å². The van der Waals surface area contributed by atoms with Gasteiger partial charge in [0.1, 0.15) is 5.75 Å². The molecule has 0 saturated heterocycles. The smallest absolute Gasteiger partial charge is 0.188 e. The van der Waals surface area contributed by atoms with Crippen LogP contribution in [0.2, 0.25) is 0 Å². The van der Waals surface area contributed by atoms with Gasteiger partial charge in [-0.3, -0.25) is 0 Å². The standard InChI is InChI=1S/C14H22O6/c1-10(15)7-11-12(19-8-16-2)5-6-13(14(11)18-4)20-9-17-3/h5-6,10,15H,7-9H2,1-4H3. The van der Waals surface area contributed by atoms with E-state index < -0.39 is 6.10 Å². The molecule has 6 nitrogen and oxygen atoms in total. The van der Waals surface area contributed by atoms with Gasteiger partial charge in [0.05, 0.1) is 13.2 Å². The monoisotopic (exact) mass is 286 g/mol. The number of methoxy groups -OCH3 is 3. The van der Waals surface area contributed by atoms with E-state index in [1.807, 2.05) is 0 Å². The Bertz CT molecular complexity index is 405. The summed E-state index contributed by atoms with van der Waals surface area (Å²) in [7, 11) is 4.63. The molecule has 0 spiro atoms. The Kier molecular flexibility index (Phi) is 7.14. The topological polar surface area (TPSA) is 66.4 Å². The minimum atomic E-state index is -0.536. The van der Waals surface area contributed by atoms with Crippen LogP contribution < -0.4 is 14.2 Å². The van der Waals surface area contributed by atoms with Crippen LogP contribution in [0.3, 0.4) is 0 Å². The van der Waals surface area contributed by atoms with Gasteiger partial charge in [-0.2, -0.15) is 0 Å². The van der Waals surface area contributed by atoms with Crippen LogP contribution in [0, 0.1) is 0 Å². The van der Waals surface area contributed by atoms with E-state index in [1.165, 1.54) is 0 Å². The Morgan fingerprint density at radius 2 is 1.55 bits per heavy atom. The third-order valence-electron chi connectivity index (χ3n) is 2.55. The highest BCUT2D eigenvalue weighted by molar-refractivity contribution is 5.54. The molecule has 1 N–H and O–H groups in total. The molecule has 0 saturated carbocycles. The first kappa shape index (κ1) is 16.6. The molecule has 0 aromatic heterocycles. The zero-order valence-corrected chi connectivity index (χ0v) is 12.3. The van der Waals surface area contributed by atoms with Crippen molar-refractivity contribution in [2.45, 2.75) is 19.4 Å². The molecule has 0 amide bonds. The molecule has 1 unspecified atom stereocenters. The lowest BCUT2D eigenvalue weighted by Gasteiger charge is -2.18. The van der Waals surface area contributed by atoms with Gasteiger partial charge in [-0.15, -0.1) is 0 Å². The summed E-state index contributed by atoms with van der Waals surface area (Å²) >= 11 is 0. The molecule has 1 atom stereocenters. The quantitative estimate of drug-likeness (QED) is 0.695. The number of ether oxygens (including phenoxy) is 5. The fourth-order valence-electron chi connectivity index (χ4n) is 1.79. The summed E-state index contributed by atoms with van der Waals surface area (Å²) in [5.41, 5.74) is 0.730. The van der Waals surface area contributed by atoms with Crippen LogP contribution >= 0.6 is 0 Å². The van der Waals surface area contributed by atoms with Crippen LogP contribution in [0.15, 0.2) is 12.1 Å². The van der Waals surface area contributed by atoms with E-state index in [-0.39, 0.29) is 13.6 Å². The van der Waals surface area contributed by atoms with Gasteiger partial charge in [0.2, 0.25) is 0 Å². The first-order chi connectivity index (χ1) is 9.63. The van der Waals surface area contributed by atoms with Gasteiger partial charge in [-0.25, -0.2) is 0 Å². The molecule has 0 bridgehead atoms. The van der Waals surface area contributed by atoms with E-state index in [4.69, 9.17) is 23.7 Å². The fraction of sp³-hybridized carbons (Fsp3) is 0.571. The molecule has 0 heterocycles.